The summed E-state index contributed by atoms with van der Waals surface area (Å²) >= 11 is 2.81. The van der Waals surface area contributed by atoms with Crippen LogP contribution in [0.5, 0.6) is 0 Å². The zero-order valence-corrected chi connectivity index (χ0v) is 19.8. The number of halogens is 3. The van der Waals surface area contributed by atoms with Crippen molar-refractivity contribution in [2.24, 2.45) is 0 Å². The Morgan fingerprint density at radius 1 is 1.21 bits per heavy atom. The Kier molecular flexibility index (Phi) is 7.22. The Hall–Kier alpha value is -2.22. The maximum Gasteiger partial charge on any atom is 0.420 e. The zero-order valence-electron chi connectivity index (χ0n) is 18.1. The van der Waals surface area contributed by atoms with Crippen LogP contribution in [-0.4, -0.2) is 66.1 Å². The van der Waals surface area contributed by atoms with Gasteiger partial charge in [0.15, 0.2) is 0 Å². The van der Waals surface area contributed by atoms with Gasteiger partial charge in [0.1, 0.15) is 10.6 Å². The van der Waals surface area contributed by atoms with Crippen LogP contribution in [0, 0.1) is 6.92 Å². The predicted octanol–water partition coefficient (Wildman–Crippen LogP) is 3.94. The van der Waals surface area contributed by atoms with Crippen LogP contribution in [-0.2, 0) is 12.7 Å². The first-order valence-corrected chi connectivity index (χ1v) is 12.4. The molecule has 4 rings (SSSR count). The van der Waals surface area contributed by atoms with Crippen molar-refractivity contribution in [3.05, 3.63) is 29.8 Å². The predicted molar refractivity (Wildman–Crippen MR) is 123 cm³/mol. The van der Waals surface area contributed by atoms with Gasteiger partial charge < -0.3 is 10.4 Å². The highest BCUT2D eigenvalue weighted by Crippen LogP contribution is 2.40. The molecule has 0 amide bonds. The van der Waals surface area contributed by atoms with Gasteiger partial charge >= 0.3 is 6.18 Å². The Labute approximate surface area is 197 Å². The first-order valence-electron chi connectivity index (χ1n) is 10.4. The lowest BCUT2D eigenvalue weighted by Crippen LogP contribution is -2.35. The standard InChI is InChI=1S/C20H24F3N7OS2/c1-12-14(9-26-30(12)7-8-31)18-24-11-16(33-18)17-15(20(21,22)23)10-25-19(28-17)27-13-3-5-29(32-2)6-4-13/h9-11,13,31H,3-8H2,1-2H3,(H,25,27,28). The first-order chi connectivity index (χ1) is 15.8. The molecule has 0 aliphatic carbocycles. The molecule has 4 heterocycles. The summed E-state index contributed by atoms with van der Waals surface area (Å²) < 4.78 is 45.1. The van der Waals surface area contributed by atoms with E-state index in [0.717, 1.165) is 49.2 Å². The molecule has 3 aromatic heterocycles. The van der Waals surface area contributed by atoms with Crippen molar-refractivity contribution in [2.75, 3.05) is 31.3 Å². The number of thiazole rings is 1. The third kappa shape index (κ3) is 5.31. The molecule has 0 aromatic carbocycles. The van der Waals surface area contributed by atoms with Gasteiger partial charge in [0, 0.05) is 37.2 Å². The lowest BCUT2D eigenvalue weighted by molar-refractivity contribution is -0.137. The largest absolute Gasteiger partial charge is 0.420 e. The Morgan fingerprint density at radius 3 is 2.64 bits per heavy atom. The second kappa shape index (κ2) is 9.95. The lowest BCUT2D eigenvalue weighted by Gasteiger charge is -2.30. The van der Waals surface area contributed by atoms with Gasteiger partial charge in [-0.25, -0.2) is 15.0 Å². The molecular weight excluding hydrogens is 475 g/mol. The monoisotopic (exact) mass is 499 g/mol. The third-order valence-electron chi connectivity index (χ3n) is 5.52. The summed E-state index contributed by atoms with van der Waals surface area (Å²) in [5.74, 6) is 0.183. The summed E-state index contributed by atoms with van der Waals surface area (Å²) in [5.41, 5.74) is 0.405. The van der Waals surface area contributed by atoms with Gasteiger partial charge in [0.2, 0.25) is 5.95 Å². The summed E-state index contributed by atoms with van der Waals surface area (Å²) in [6, 6.07) is 0.107. The maximum absolute atomic E-state index is 13.7. The van der Waals surface area contributed by atoms with E-state index in [2.05, 4.69) is 29.7 Å². The molecule has 0 radical (unpaired) electrons. The molecule has 0 unspecified atom stereocenters. The van der Waals surface area contributed by atoms with E-state index in [1.807, 2.05) is 13.2 Å². The van der Waals surface area contributed by atoms with Crippen molar-refractivity contribution in [1.82, 2.24) is 29.0 Å². The lowest BCUT2D eigenvalue weighted by atomic mass is 10.1. The normalized spacial score (nSPS) is 15.8. The van der Waals surface area contributed by atoms with E-state index in [1.165, 1.54) is 6.20 Å². The number of alkyl halides is 3. The van der Waals surface area contributed by atoms with Crippen molar-refractivity contribution in [2.45, 2.75) is 38.5 Å². The molecule has 0 atom stereocenters. The summed E-state index contributed by atoms with van der Waals surface area (Å²) in [6.45, 7) is 3.89. The Balaban J connectivity index is 1.63. The van der Waals surface area contributed by atoms with Crippen molar-refractivity contribution < 1.29 is 18.3 Å². The van der Waals surface area contributed by atoms with Gasteiger partial charge in [-0.2, -0.15) is 18.3 Å². The van der Waals surface area contributed by atoms with Crippen molar-refractivity contribution in [1.29, 1.82) is 0 Å². The summed E-state index contributed by atoms with van der Waals surface area (Å²) in [4.78, 5) is 12.8. The number of hydrogen-bond acceptors (Lipinski definition) is 9. The summed E-state index contributed by atoms with van der Waals surface area (Å²) in [6.07, 6.45) is 3.01. The number of anilines is 1. The minimum Gasteiger partial charge on any atom is -0.394 e. The van der Waals surface area contributed by atoms with Crippen LogP contribution < -0.4 is 5.32 Å². The minimum atomic E-state index is -4.59. The first kappa shape index (κ1) is 23.9. The number of aliphatic hydroxyl groups excluding tert-OH is 1. The number of piperidine rings is 1. The van der Waals surface area contributed by atoms with Gasteiger partial charge in [0.05, 0.1) is 35.5 Å². The minimum absolute atomic E-state index is 0.0625. The number of aromatic nitrogens is 5. The van der Waals surface area contributed by atoms with Crippen LogP contribution in [0.4, 0.5) is 19.1 Å². The molecule has 13 heteroatoms. The molecule has 178 valence electrons. The topological polar surface area (TPSA) is 92.0 Å². The molecule has 8 nitrogen and oxygen atoms in total. The molecule has 2 N–H and O–H groups in total. The van der Waals surface area contributed by atoms with E-state index >= 15 is 0 Å². The molecular formula is C20H24F3N7OS2. The molecule has 0 bridgehead atoms. The average molecular weight is 500 g/mol. The number of hydrogen-bond donors (Lipinski definition) is 2. The smallest absolute Gasteiger partial charge is 0.394 e. The fourth-order valence-electron chi connectivity index (χ4n) is 3.70. The Morgan fingerprint density at radius 2 is 1.97 bits per heavy atom. The van der Waals surface area contributed by atoms with Crippen molar-refractivity contribution in [3.8, 4) is 21.1 Å². The highest BCUT2D eigenvalue weighted by molar-refractivity contribution is 7.96. The van der Waals surface area contributed by atoms with Crippen LogP contribution in [0.2, 0.25) is 0 Å². The van der Waals surface area contributed by atoms with E-state index in [0.29, 0.717) is 22.0 Å². The van der Waals surface area contributed by atoms with Crippen molar-refractivity contribution in [3.63, 3.8) is 0 Å². The van der Waals surface area contributed by atoms with E-state index in [4.69, 9.17) is 5.11 Å². The van der Waals surface area contributed by atoms with Crippen molar-refractivity contribution >= 4 is 29.2 Å². The molecule has 1 aliphatic heterocycles. The number of nitrogens with zero attached hydrogens (tertiary/aromatic N) is 6. The molecule has 3 aromatic rings. The van der Waals surface area contributed by atoms with Crippen LogP contribution in [0.3, 0.4) is 0 Å². The molecule has 0 spiro atoms. The van der Waals surface area contributed by atoms with Crippen LogP contribution in [0.15, 0.2) is 18.6 Å². The summed E-state index contributed by atoms with van der Waals surface area (Å²) in [7, 11) is 0. The van der Waals surface area contributed by atoms with Gasteiger partial charge in [0.25, 0.3) is 0 Å². The molecule has 1 saturated heterocycles. The highest BCUT2D eigenvalue weighted by atomic mass is 32.2. The van der Waals surface area contributed by atoms with E-state index in [1.54, 1.807) is 22.8 Å². The molecule has 1 aliphatic rings. The third-order valence-corrected chi connectivity index (χ3v) is 7.44. The number of nitrogens with one attached hydrogen (secondary N) is 1. The Bertz CT molecular complexity index is 1090. The quantitative estimate of drug-likeness (QED) is 0.473. The van der Waals surface area contributed by atoms with E-state index in [-0.39, 0.29) is 24.3 Å². The fraction of sp³-hybridized carbons (Fsp3) is 0.500. The van der Waals surface area contributed by atoms with Gasteiger partial charge in [-0.05, 0) is 26.0 Å². The van der Waals surface area contributed by atoms with Crippen LogP contribution in [0.1, 0.15) is 24.1 Å². The highest BCUT2D eigenvalue weighted by Gasteiger charge is 2.36. The zero-order chi connectivity index (χ0) is 23.6. The number of aliphatic hydroxyl groups is 1. The fourth-order valence-corrected chi connectivity index (χ4v) is 5.25. The van der Waals surface area contributed by atoms with E-state index in [9.17, 15) is 13.2 Å². The second-order valence-electron chi connectivity index (χ2n) is 7.60. The second-order valence-corrected chi connectivity index (χ2v) is 9.52. The van der Waals surface area contributed by atoms with Gasteiger partial charge in [-0.15, -0.1) is 11.3 Å². The van der Waals surface area contributed by atoms with Gasteiger partial charge in [-0.3, -0.25) is 8.99 Å². The van der Waals surface area contributed by atoms with Crippen LogP contribution >= 0.6 is 23.3 Å². The molecule has 33 heavy (non-hydrogen) atoms. The van der Waals surface area contributed by atoms with Crippen LogP contribution in [0.25, 0.3) is 21.1 Å². The summed E-state index contributed by atoms with van der Waals surface area (Å²) in [5, 5.41) is 17.1. The molecule has 1 fully saturated rings. The number of rotatable bonds is 7. The molecule has 0 saturated carbocycles. The van der Waals surface area contributed by atoms with Gasteiger partial charge in [-0.1, -0.05) is 11.9 Å². The van der Waals surface area contributed by atoms with E-state index < -0.39 is 11.7 Å². The average Bonchev–Trinajstić information content (AvgIpc) is 3.41. The maximum atomic E-state index is 13.7. The SMILES string of the molecule is CSN1CCC(Nc2ncc(C(F)(F)F)c(-c3cnc(-c4cnn(CCO)c4C)s3)n2)CC1.